The van der Waals surface area contributed by atoms with Crippen LogP contribution >= 0.6 is 0 Å². The van der Waals surface area contributed by atoms with Gasteiger partial charge < -0.3 is 20.1 Å². The summed E-state index contributed by atoms with van der Waals surface area (Å²) >= 11 is 0. The molecule has 1 heterocycles. The SMILES string of the molecule is CCc1ccccc1CNC(=O)NCCOC[C@H]1CCCO1. The van der Waals surface area contributed by atoms with Crippen molar-refractivity contribution in [1.29, 1.82) is 0 Å². The van der Waals surface area contributed by atoms with E-state index in [2.05, 4.69) is 23.6 Å². The first-order chi connectivity index (χ1) is 10.8. The zero-order chi connectivity index (χ0) is 15.6. The summed E-state index contributed by atoms with van der Waals surface area (Å²) in [7, 11) is 0. The monoisotopic (exact) mass is 306 g/mol. The molecule has 5 heteroatoms. The highest BCUT2D eigenvalue weighted by atomic mass is 16.5. The Morgan fingerprint density at radius 2 is 2.14 bits per heavy atom. The maximum Gasteiger partial charge on any atom is 0.315 e. The molecule has 1 aliphatic rings. The van der Waals surface area contributed by atoms with Gasteiger partial charge in [-0.15, -0.1) is 0 Å². The van der Waals surface area contributed by atoms with Gasteiger partial charge in [-0.25, -0.2) is 4.79 Å². The number of hydrogen-bond donors (Lipinski definition) is 2. The Labute approximate surface area is 132 Å². The summed E-state index contributed by atoms with van der Waals surface area (Å²) < 4.78 is 11.0. The van der Waals surface area contributed by atoms with E-state index < -0.39 is 0 Å². The largest absolute Gasteiger partial charge is 0.377 e. The molecule has 0 unspecified atom stereocenters. The van der Waals surface area contributed by atoms with Crippen molar-refractivity contribution in [2.75, 3.05) is 26.4 Å². The summed E-state index contributed by atoms with van der Waals surface area (Å²) in [6.45, 7) is 5.14. The van der Waals surface area contributed by atoms with E-state index in [0.717, 1.165) is 31.4 Å². The fourth-order valence-corrected chi connectivity index (χ4v) is 2.54. The zero-order valence-electron chi connectivity index (χ0n) is 13.3. The summed E-state index contributed by atoms with van der Waals surface area (Å²) in [5.41, 5.74) is 2.43. The topological polar surface area (TPSA) is 59.6 Å². The molecule has 1 fully saturated rings. The molecular weight excluding hydrogens is 280 g/mol. The second-order valence-corrected chi connectivity index (χ2v) is 5.44. The fraction of sp³-hybridized carbons (Fsp3) is 0.588. The molecule has 5 nitrogen and oxygen atoms in total. The van der Waals surface area contributed by atoms with Crippen molar-refractivity contribution >= 4 is 6.03 Å². The van der Waals surface area contributed by atoms with Gasteiger partial charge in [0, 0.05) is 19.7 Å². The first-order valence-corrected chi connectivity index (χ1v) is 8.07. The normalized spacial score (nSPS) is 17.4. The molecule has 22 heavy (non-hydrogen) atoms. The van der Waals surface area contributed by atoms with Crippen molar-refractivity contribution in [3.8, 4) is 0 Å². The van der Waals surface area contributed by atoms with Crippen LogP contribution in [0.2, 0.25) is 0 Å². The molecule has 0 saturated carbocycles. The minimum atomic E-state index is -0.161. The van der Waals surface area contributed by atoms with Gasteiger partial charge in [-0.05, 0) is 30.4 Å². The number of carbonyl (C=O) groups is 1. The molecule has 1 saturated heterocycles. The highest BCUT2D eigenvalue weighted by molar-refractivity contribution is 5.73. The van der Waals surface area contributed by atoms with Crippen molar-refractivity contribution in [1.82, 2.24) is 10.6 Å². The van der Waals surface area contributed by atoms with E-state index in [4.69, 9.17) is 9.47 Å². The third-order valence-electron chi connectivity index (χ3n) is 3.80. The van der Waals surface area contributed by atoms with Gasteiger partial charge in [0.15, 0.2) is 0 Å². The maximum atomic E-state index is 11.7. The number of benzene rings is 1. The molecule has 1 aromatic rings. The standard InChI is InChI=1S/C17H26N2O3/c1-2-14-6-3-4-7-15(14)12-19-17(20)18-9-11-21-13-16-8-5-10-22-16/h3-4,6-7,16H,2,5,8-13H2,1H3,(H2,18,19,20)/t16-/m1/s1. The third kappa shape index (κ3) is 5.66. The van der Waals surface area contributed by atoms with Crippen molar-refractivity contribution in [3.05, 3.63) is 35.4 Å². The first kappa shape index (κ1) is 16.8. The van der Waals surface area contributed by atoms with Gasteiger partial charge in [0.25, 0.3) is 0 Å². The number of ether oxygens (including phenoxy) is 2. The molecule has 1 atom stereocenters. The van der Waals surface area contributed by atoms with Crippen molar-refractivity contribution < 1.29 is 14.3 Å². The van der Waals surface area contributed by atoms with Crippen LogP contribution in [0.5, 0.6) is 0 Å². The lowest BCUT2D eigenvalue weighted by Gasteiger charge is -2.12. The van der Waals surface area contributed by atoms with E-state index >= 15 is 0 Å². The number of rotatable bonds is 8. The van der Waals surface area contributed by atoms with Crippen LogP contribution in [-0.4, -0.2) is 38.5 Å². The minimum absolute atomic E-state index is 0.161. The predicted molar refractivity (Wildman–Crippen MR) is 85.9 cm³/mol. The summed E-state index contributed by atoms with van der Waals surface area (Å²) in [6.07, 6.45) is 3.40. The Hall–Kier alpha value is -1.59. The van der Waals surface area contributed by atoms with E-state index in [-0.39, 0.29) is 12.1 Å². The van der Waals surface area contributed by atoms with E-state index in [1.165, 1.54) is 5.56 Å². The average molecular weight is 306 g/mol. The number of aryl methyl sites for hydroxylation is 1. The van der Waals surface area contributed by atoms with Crippen LogP contribution in [0.25, 0.3) is 0 Å². The quantitative estimate of drug-likeness (QED) is 0.724. The van der Waals surface area contributed by atoms with E-state index in [1.54, 1.807) is 0 Å². The predicted octanol–water partition coefficient (Wildman–Crippen LogP) is 2.24. The second-order valence-electron chi connectivity index (χ2n) is 5.44. The number of urea groups is 1. The van der Waals surface area contributed by atoms with Gasteiger partial charge >= 0.3 is 6.03 Å². The molecule has 0 radical (unpaired) electrons. The summed E-state index contributed by atoms with van der Waals surface area (Å²) in [5, 5.41) is 5.68. The van der Waals surface area contributed by atoms with Crippen LogP contribution in [0.15, 0.2) is 24.3 Å². The van der Waals surface area contributed by atoms with Crippen LogP contribution in [0.4, 0.5) is 4.79 Å². The van der Waals surface area contributed by atoms with Gasteiger partial charge in [0.05, 0.1) is 19.3 Å². The molecule has 1 aliphatic heterocycles. The summed E-state index contributed by atoms with van der Waals surface area (Å²) in [5.74, 6) is 0. The van der Waals surface area contributed by atoms with Crippen molar-refractivity contribution in [3.63, 3.8) is 0 Å². The van der Waals surface area contributed by atoms with Gasteiger partial charge in [-0.2, -0.15) is 0 Å². The highest BCUT2D eigenvalue weighted by Gasteiger charge is 2.14. The zero-order valence-corrected chi connectivity index (χ0v) is 13.3. The molecule has 0 spiro atoms. The Bertz CT molecular complexity index is 459. The summed E-state index contributed by atoms with van der Waals surface area (Å²) in [6, 6.07) is 7.99. The molecule has 0 aromatic heterocycles. The molecule has 1 aromatic carbocycles. The molecule has 2 amide bonds. The first-order valence-electron chi connectivity index (χ1n) is 8.07. The van der Waals surface area contributed by atoms with Gasteiger partial charge in [-0.3, -0.25) is 0 Å². The molecule has 122 valence electrons. The van der Waals surface area contributed by atoms with Crippen LogP contribution < -0.4 is 10.6 Å². The number of nitrogens with one attached hydrogen (secondary N) is 2. The van der Waals surface area contributed by atoms with Crippen molar-refractivity contribution in [2.45, 2.75) is 38.8 Å². The van der Waals surface area contributed by atoms with Crippen LogP contribution in [-0.2, 0) is 22.4 Å². The van der Waals surface area contributed by atoms with E-state index in [1.807, 2.05) is 18.2 Å². The fourth-order valence-electron chi connectivity index (χ4n) is 2.54. The molecule has 0 bridgehead atoms. The van der Waals surface area contributed by atoms with E-state index in [0.29, 0.717) is 26.3 Å². The van der Waals surface area contributed by atoms with Gasteiger partial charge in [-0.1, -0.05) is 31.2 Å². The lowest BCUT2D eigenvalue weighted by molar-refractivity contribution is 0.0188. The Balaban J connectivity index is 1.55. The number of amides is 2. The lowest BCUT2D eigenvalue weighted by Crippen LogP contribution is -2.37. The molecular formula is C17H26N2O3. The van der Waals surface area contributed by atoms with Crippen LogP contribution in [0.1, 0.15) is 30.9 Å². The molecule has 2 rings (SSSR count). The average Bonchev–Trinajstić information content (AvgIpc) is 3.06. The lowest BCUT2D eigenvalue weighted by atomic mass is 10.1. The third-order valence-corrected chi connectivity index (χ3v) is 3.80. The smallest absolute Gasteiger partial charge is 0.315 e. The summed E-state index contributed by atoms with van der Waals surface area (Å²) in [4.78, 5) is 11.7. The maximum absolute atomic E-state index is 11.7. The van der Waals surface area contributed by atoms with E-state index in [9.17, 15) is 4.79 Å². The molecule has 2 N–H and O–H groups in total. The van der Waals surface area contributed by atoms with Gasteiger partial charge in [0.1, 0.15) is 0 Å². The van der Waals surface area contributed by atoms with Gasteiger partial charge in [0.2, 0.25) is 0 Å². The number of hydrogen-bond acceptors (Lipinski definition) is 3. The van der Waals surface area contributed by atoms with Crippen molar-refractivity contribution in [2.24, 2.45) is 0 Å². The Morgan fingerprint density at radius 1 is 1.32 bits per heavy atom. The Morgan fingerprint density at radius 3 is 2.86 bits per heavy atom. The minimum Gasteiger partial charge on any atom is -0.377 e. The van der Waals surface area contributed by atoms with Crippen LogP contribution in [0, 0.1) is 0 Å². The Kier molecular flexibility index (Phi) is 7.19. The second kappa shape index (κ2) is 9.43. The van der Waals surface area contributed by atoms with Crippen LogP contribution in [0.3, 0.4) is 0 Å². The highest BCUT2D eigenvalue weighted by Crippen LogP contribution is 2.11. The molecule has 0 aliphatic carbocycles. The number of carbonyl (C=O) groups excluding carboxylic acids is 1.